The normalized spacial score (nSPS) is 17.3. The van der Waals surface area contributed by atoms with E-state index in [-0.39, 0.29) is 53.6 Å². The van der Waals surface area contributed by atoms with Gasteiger partial charge in [0.1, 0.15) is 23.4 Å². The highest BCUT2D eigenvalue weighted by Crippen LogP contribution is 2.49. The van der Waals surface area contributed by atoms with Crippen LogP contribution in [0.3, 0.4) is 0 Å². The Morgan fingerprint density at radius 2 is 1.54 bits per heavy atom. The lowest BCUT2D eigenvalue weighted by molar-refractivity contribution is -0.141. The van der Waals surface area contributed by atoms with Crippen molar-refractivity contribution in [1.82, 2.24) is 0 Å². The molecule has 46 heavy (non-hydrogen) atoms. The number of halogens is 6. The van der Waals surface area contributed by atoms with E-state index in [0.717, 1.165) is 23.8 Å². The van der Waals surface area contributed by atoms with E-state index in [0.29, 0.717) is 29.0 Å². The number of hydrogen-bond acceptors (Lipinski definition) is 7. The second kappa shape index (κ2) is 13.0. The summed E-state index contributed by atoms with van der Waals surface area (Å²) in [6.45, 7) is 7.03. The quantitative estimate of drug-likeness (QED) is 0.108. The lowest BCUT2D eigenvalue weighted by Crippen LogP contribution is -2.28. The first-order valence-corrected chi connectivity index (χ1v) is 15.8. The van der Waals surface area contributed by atoms with Gasteiger partial charge in [-0.25, -0.2) is 0 Å². The Labute approximate surface area is 262 Å². The van der Waals surface area contributed by atoms with Gasteiger partial charge in [0.25, 0.3) is 0 Å². The van der Waals surface area contributed by atoms with E-state index in [1.165, 1.54) is 27.0 Å². The predicted octanol–water partition coefficient (Wildman–Crippen LogP) is 8.35. The second-order valence-corrected chi connectivity index (χ2v) is 12.1. The zero-order valence-electron chi connectivity index (χ0n) is 25.6. The Morgan fingerprint density at radius 3 is 2.13 bits per heavy atom. The molecule has 0 radical (unpaired) electrons. The molecule has 14 heteroatoms. The number of rotatable bonds is 7. The van der Waals surface area contributed by atoms with Crippen LogP contribution in [0, 0.1) is 13.8 Å². The summed E-state index contributed by atoms with van der Waals surface area (Å²) in [5.74, 6) is -0.275. The second-order valence-electron chi connectivity index (χ2n) is 10.6. The summed E-state index contributed by atoms with van der Waals surface area (Å²) in [6.07, 6.45) is -4.68. The number of esters is 1. The van der Waals surface area contributed by atoms with Crippen molar-refractivity contribution < 1.29 is 57.9 Å². The van der Waals surface area contributed by atoms with E-state index >= 15 is 0 Å². The molecule has 0 spiro atoms. The minimum atomic E-state index is -5.98. The number of methoxy groups -OCH3 is 1. The highest BCUT2D eigenvalue weighted by atomic mass is 32.2. The zero-order chi connectivity index (χ0) is 34.2. The van der Waals surface area contributed by atoms with Gasteiger partial charge >= 0.3 is 27.8 Å². The molecule has 250 valence electrons. The number of ether oxygens (including phenoxy) is 3. The maximum absolute atomic E-state index is 14.3. The van der Waals surface area contributed by atoms with Crippen molar-refractivity contribution >= 4 is 16.1 Å². The standard InChI is InChI=1S/C30H26F6O7S.C2H6/c1-15-10-19(43-44(38,39)30(34,35)36)11-16(2)27(15)28-22-7-9-24(21(22)6-8-23(28)29(31,32)33)42-18-4-5-20-17(12-26(37)40-3)14-41-25(20)13-18;1-2/h4-6,8,10-11,13,17,24H,7,9,12,14H2,1-3H3;1-2H3/t17-,24-;/m1./s1. The summed E-state index contributed by atoms with van der Waals surface area (Å²) >= 11 is 0. The lowest BCUT2D eigenvalue weighted by atomic mass is 9.86. The molecule has 1 aliphatic carbocycles. The van der Waals surface area contributed by atoms with E-state index in [2.05, 4.69) is 4.18 Å². The molecule has 2 atom stereocenters. The van der Waals surface area contributed by atoms with E-state index < -0.39 is 39.2 Å². The summed E-state index contributed by atoms with van der Waals surface area (Å²) in [7, 11) is -4.68. The average Bonchev–Trinajstić information content (AvgIpc) is 3.56. The molecule has 0 bridgehead atoms. The maximum atomic E-state index is 14.3. The summed E-state index contributed by atoms with van der Waals surface area (Å²) in [4.78, 5) is 11.7. The molecule has 1 aliphatic heterocycles. The van der Waals surface area contributed by atoms with Crippen LogP contribution in [0.15, 0.2) is 42.5 Å². The number of carbonyl (C=O) groups is 1. The molecule has 0 N–H and O–H groups in total. The highest BCUT2D eigenvalue weighted by Gasteiger charge is 2.48. The van der Waals surface area contributed by atoms with Crippen LogP contribution in [0.4, 0.5) is 26.3 Å². The van der Waals surface area contributed by atoms with Crippen molar-refractivity contribution in [3.63, 3.8) is 0 Å². The van der Waals surface area contributed by atoms with Crippen LogP contribution in [0.2, 0.25) is 0 Å². The molecule has 1 heterocycles. The van der Waals surface area contributed by atoms with Gasteiger partial charge in [0.05, 0.1) is 25.7 Å². The molecule has 7 nitrogen and oxygen atoms in total. The molecule has 5 rings (SSSR count). The minimum absolute atomic E-state index is 0.0953. The van der Waals surface area contributed by atoms with E-state index in [9.17, 15) is 39.6 Å². The van der Waals surface area contributed by atoms with Crippen molar-refractivity contribution in [3.8, 4) is 28.4 Å². The van der Waals surface area contributed by atoms with Gasteiger partial charge in [-0.2, -0.15) is 34.8 Å². The Bertz CT molecular complexity index is 1710. The molecular weight excluding hydrogens is 642 g/mol. The maximum Gasteiger partial charge on any atom is 0.534 e. The molecule has 0 aromatic heterocycles. The summed E-state index contributed by atoms with van der Waals surface area (Å²) in [5, 5.41) is 0. The van der Waals surface area contributed by atoms with Crippen LogP contribution in [0.5, 0.6) is 17.2 Å². The van der Waals surface area contributed by atoms with Crippen LogP contribution < -0.4 is 13.7 Å². The fraction of sp³-hybridized carbons (Fsp3) is 0.406. The molecule has 2 aliphatic rings. The number of alkyl halides is 6. The third-order valence-electron chi connectivity index (χ3n) is 7.69. The number of aryl methyl sites for hydroxylation is 2. The third kappa shape index (κ3) is 6.91. The SMILES string of the molecule is CC.COC(=O)C[C@@H]1COc2cc(O[C@@H]3CCc4c3ccc(C(F)(F)F)c4-c3c(C)cc(OS(=O)(=O)C(F)(F)F)cc3C)ccc21. The van der Waals surface area contributed by atoms with Gasteiger partial charge in [-0.1, -0.05) is 26.0 Å². The number of hydrogen-bond donors (Lipinski definition) is 0. The van der Waals surface area contributed by atoms with E-state index in [1.807, 2.05) is 13.8 Å². The Kier molecular flexibility index (Phi) is 9.91. The lowest BCUT2D eigenvalue weighted by Gasteiger charge is -2.22. The summed E-state index contributed by atoms with van der Waals surface area (Å²) < 4.78 is 125. The van der Waals surface area contributed by atoms with Gasteiger partial charge in [-0.05, 0) is 84.3 Å². The Morgan fingerprint density at radius 1 is 0.913 bits per heavy atom. The molecule has 3 aromatic carbocycles. The molecular formula is C32H32F6O7S. The fourth-order valence-electron chi connectivity index (χ4n) is 5.80. The van der Waals surface area contributed by atoms with Gasteiger partial charge in [0.2, 0.25) is 0 Å². The smallest absolute Gasteiger partial charge is 0.492 e. The van der Waals surface area contributed by atoms with Crippen LogP contribution in [0.25, 0.3) is 11.1 Å². The van der Waals surface area contributed by atoms with Gasteiger partial charge in [0, 0.05) is 17.5 Å². The van der Waals surface area contributed by atoms with Crippen LogP contribution in [-0.2, 0) is 32.2 Å². The Hall–Kier alpha value is -3.94. The number of carbonyl (C=O) groups excluding carboxylic acids is 1. The highest BCUT2D eigenvalue weighted by molar-refractivity contribution is 7.88. The molecule has 0 saturated heterocycles. The van der Waals surface area contributed by atoms with E-state index in [1.54, 1.807) is 18.2 Å². The van der Waals surface area contributed by atoms with Crippen molar-refractivity contribution in [2.75, 3.05) is 13.7 Å². The first kappa shape index (κ1) is 34.9. The molecule has 0 unspecified atom stereocenters. The molecule has 3 aromatic rings. The van der Waals surface area contributed by atoms with E-state index in [4.69, 9.17) is 14.2 Å². The van der Waals surface area contributed by atoms with Gasteiger partial charge in [-0.15, -0.1) is 0 Å². The minimum Gasteiger partial charge on any atom is -0.492 e. The van der Waals surface area contributed by atoms with Crippen LogP contribution >= 0.6 is 0 Å². The molecule has 0 amide bonds. The van der Waals surface area contributed by atoms with Crippen LogP contribution in [-0.4, -0.2) is 33.6 Å². The third-order valence-corrected chi connectivity index (χ3v) is 8.67. The fourth-order valence-corrected chi connectivity index (χ4v) is 6.24. The number of benzene rings is 3. The number of fused-ring (bicyclic) bond motifs is 2. The van der Waals surface area contributed by atoms with Gasteiger partial charge in [0.15, 0.2) is 0 Å². The molecule has 0 saturated carbocycles. The van der Waals surface area contributed by atoms with Crippen molar-refractivity contribution in [2.45, 2.75) is 70.7 Å². The Balaban J connectivity index is 0.00000235. The largest absolute Gasteiger partial charge is 0.534 e. The summed E-state index contributed by atoms with van der Waals surface area (Å²) in [5.41, 5.74) is -4.79. The average molecular weight is 675 g/mol. The van der Waals surface area contributed by atoms with Crippen molar-refractivity contribution in [2.24, 2.45) is 0 Å². The van der Waals surface area contributed by atoms with Gasteiger partial charge < -0.3 is 18.4 Å². The van der Waals surface area contributed by atoms with Crippen molar-refractivity contribution in [1.29, 1.82) is 0 Å². The van der Waals surface area contributed by atoms with Crippen molar-refractivity contribution in [3.05, 3.63) is 75.8 Å². The van der Waals surface area contributed by atoms with Gasteiger partial charge in [-0.3, -0.25) is 4.79 Å². The predicted molar refractivity (Wildman–Crippen MR) is 156 cm³/mol. The first-order chi connectivity index (χ1) is 21.5. The zero-order valence-corrected chi connectivity index (χ0v) is 26.4. The topological polar surface area (TPSA) is 88.1 Å². The summed E-state index contributed by atoms with van der Waals surface area (Å²) in [6, 6.07) is 9.36. The van der Waals surface area contributed by atoms with Crippen LogP contribution in [0.1, 0.15) is 72.1 Å². The monoisotopic (exact) mass is 674 g/mol. The first-order valence-electron chi connectivity index (χ1n) is 14.4. The molecule has 0 fully saturated rings.